The molecule has 0 aliphatic rings. The largest absolute Gasteiger partial charge is 0.478 e. The number of allylic oxidation sites excluding steroid dienone is 2. The molecule has 0 aliphatic carbocycles. The highest BCUT2D eigenvalue weighted by Gasteiger charge is 2.05. The Labute approximate surface area is 172 Å². The second-order valence-electron chi connectivity index (χ2n) is 7.74. The Balaban J connectivity index is 3.48. The van der Waals surface area contributed by atoms with E-state index >= 15 is 0 Å². The topological polar surface area (TPSA) is 63.6 Å². The van der Waals surface area contributed by atoms with Gasteiger partial charge in [0.25, 0.3) is 0 Å². The Kier molecular flexibility index (Phi) is 17.7. The van der Waals surface area contributed by atoms with Crippen molar-refractivity contribution in [2.75, 3.05) is 6.61 Å². The van der Waals surface area contributed by atoms with Crippen molar-refractivity contribution in [3.05, 3.63) is 23.3 Å². The normalized spacial score (nSPS) is 12.2. The molecule has 0 saturated carbocycles. The van der Waals surface area contributed by atoms with E-state index < -0.39 is 5.97 Å². The van der Waals surface area contributed by atoms with Gasteiger partial charge in [-0.1, -0.05) is 103 Å². The van der Waals surface area contributed by atoms with Gasteiger partial charge in [-0.15, -0.1) is 0 Å². The summed E-state index contributed by atoms with van der Waals surface area (Å²) in [6.07, 6.45) is 21.1. The molecule has 0 saturated heterocycles. The van der Waals surface area contributed by atoms with Gasteiger partial charge in [-0.05, 0) is 20.3 Å². The first-order valence-electron chi connectivity index (χ1n) is 11.2. The summed E-state index contributed by atoms with van der Waals surface area (Å²) in [5.74, 6) is -1.36. The van der Waals surface area contributed by atoms with Gasteiger partial charge in [-0.3, -0.25) is 0 Å². The van der Waals surface area contributed by atoms with Crippen molar-refractivity contribution in [1.29, 1.82) is 0 Å². The number of unbranched alkanes of at least 4 members (excludes halogenated alkanes) is 13. The molecule has 4 heteroatoms. The van der Waals surface area contributed by atoms with E-state index in [0.717, 1.165) is 12.8 Å². The van der Waals surface area contributed by atoms with Gasteiger partial charge in [-0.2, -0.15) is 0 Å². The minimum atomic E-state index is -0.986. The summed E-state index contributed by atoms with van der Waals surface area (Å²) in [6.45, 7) is 5.83. The number of esters is 1. The molecule has 4 nitrogen and oxygen atoms in total. The zero-order chi connectivity index (χ0) is 21.0. The first kappa shape index (κ1) is 26.4. The van der Waals surface area contributed by atoms with Crippen molar-refractivity contribution in [2.45, 2.75) is 111 Å². The van der Waals surface area contributed by atoms with E-state index in [4.69, 9.17) is 9.84 Å². The maximum atomic E-state index is 11.8. The van der Waals surface area contributed by atoms with Crippen LogP contribution in [0, 0.1) is 0 Å². The lowest BCUT2D eigenvalue weighted by Gasteiger charge is -2.05. The van der Waals surface area contributed by atoms with Crippen LogP contribution in [0.5, 0.6) is 0 Å². The van der Waals surface area contributed by atoms with Crippen molar-refractivity contribution >= 4 is 11.9 Å². The fraction of sp³-hybridized carbons (Fsp3) is 0.750. The molecule has 0 rings (SSSR count). The molecule has 1 N–H and O–H groups in total. The third-order valence-corrected chi connectivity index (χ3v) is 4.97. The van der Waals surface area contributed by atoms with E-state index in [1.165, 1.54) is 96.1 Å². The van der Waals surface area contributed by atoms with Gasteiger partial charge in [0, 0.05) is 11.1 Å². The second kappa shape index (κ2) is 18.8. The lowest BCUT2D eigenvalue weighted by Crippen LogP contribution is -2.07. The van der Waals surface area contributed by atoms with Crippen molar-refractivity contribution in [3.8, 4) is 0 Å². The molecule has 0 aromatic heterocycles. The SMILES string of the molecule is CCCCCCCCCCCCCCCCOC(=O)C(C)=CC=C(C)C(=O)O. The molecule has 0 aromatic rings. The zero-order valence-electron chi connectivity index (χ0n) is 18.4. The predicted molar refractivity (Wildman–Crippen MR) is 116 cm³/mol. The molecule has 0 fully saturated rings. The van der Waals surface area contributed by atoms with Crippen molar-refractivity contribution < 1.29 is 19.4 Å². The van der Waals surface area contributed by atoms with Gasteiger partial charge >= 0.3 is 11.9 Å². The molecule has 0 unspecified atom stereocenters. The van der Waals surface area contributed by atoms with Crippen LogP contribution in [0.2, 0.25) is 0 Å². The Morgan fingerprint density at radius 3 is 1.50 bits per heavy atom. The first-order chi connectivity index (χ1) is 13.5. The number of rotatable bonds is 18. The van der Waals surface area contributed by atoms with Crippen LogP contribution >= 0.6 is 0 Å². The van der Waals surface area contributed by atoms with Crippen LogP contribution < -0.4 is 0 Å². The third kappa shape index (κ3) is 16.6. The number of carbonyl (C=O) groups is 2. The summed E-state index contributed by atoms with van der Waals surface area (Å²) >= 11 is 0. The molecule has 0 aliphatic heterocycles. The Hall–Kier alpha value is -1.58. The number of aliphatic carboxylic acids is 1. The van der Waals surface area contributed by atoms with E-state index in [0.29, 0.717) is 12.2 Å². The van der Waals surface area contributed by atoms with E-state index in [-0.39, 0.29) is 11.5 Å². The summed E-state index contributed by atoms with van der Waals surface area (Å²) in [6, 6.07) is 0. The molecular weight excluding hydrogens is 352 g/mol. The summed E-state index contributed by atoms with van der Waals surface area (Å²) in [4.78, 5) is 22.5. The van der Waals surface area contributed by atoms with Gasteiger partial charge in [0.05, 0.1) is 6.61 Å². The van der Waals surface area contributed by atoms with Crippen LogP contribution in [0.4, 0.5) is 0 Å². The maximum absolute atomic E-state index is 11.8. The summed E-state index contributed by atoms with van der Waals surface area (Å²) in [7, 11) is 0. The number of hydrogen-bond donors (Lipinski definition) is 1. The second-order valence-corrected chi connectivity index (χ2v) is 7.74. The minimum absolute atomic E-state index is 0.194. The van der Waals surface area contributed by atoms with Crippen LogP contribution in [0.3, 0.4) is 0 Å². The molecule has 0 radical (unpaired) electrons. The van der Waals surface area contributed by atoms with E-state index in [9.17, 15) is 9.59 Å². The molecule has 0 spiro atoms. The van der Waals surface area contributed by atoms with Gasteiger partial charge in [-0.25, -0.2) is 9.59 Å². The lowest BCUT2D eigenvalue weighted by molar-refractivity contribution is -0.139. The molecule has 0 aromatic carbocycles. The number of carbonyl (C=O) groups excluding carboxylic acids is 1. The molecule has 0 bridgehead atoms. The summed E-state index contributed by atoms with van der Waals surface area (Å²) < 4.78 is 5.22. The minimum Gasteiger partial charge on any atom is -0.478 e. The number of carboxylic acids is 1. The molecular formula is C24H42O4. The van der Waals surface area contributed by atoms with E-state index in [1.807, 2.05) is 0 Å². The fourth-order valence-electron chi connectivity index (χ4n) is 2.96. The molecule has 162 valence electrons. The zero-order valence-corrected chi connectivity index (χ0v) is 18.4. The standard InChI is InChI=1S/C24H42O4/c1-4-5-6-7-8-9-10-11-12-13-14-15-16-17-20-28-24(27)22(3)19-18-21(2)23(25)26/h18-19H,4-17,20H2,1-3H3,(H,25,26). The average Bonchev–Trinajstić information content (AvgIpc) is 2.68. The number of hydrogen-bond acceptors (Lipinski definition) is 3. The lowest BCUT2D eigenvalue weighted by atomic mass is 10.0. The van der Waals surface area contributed by atoms with Gasteiger partial charge in [0.15, 0.2) is 0 Å². The molecule has 0 atom stereocenters. The maximum Gasteiger partial charge on any atom is 0.333 e. The smallest absolute Gasteiger partial charge is 0.333 e. The van der Waals surface area contributed by atoms with Crippen LogP contribution in [0.15, 0.2) is 23.3 Å². The number of ether oxygens (including phenoxy) is 1. The van der Waals surface area contributed by atoms with Crippen molar-refractivity contribution in [3.63, 3.8) is 0 Å². The average molecular weight is 395 g/mol. The number of carboxylic acid groups (broad SMARTS) is 1. The van der Waals surface area contributed by atoms with Crippen molar-refractivity contribution in [2.24, 2.45) is 0 Å². The van der Waals surface area contributed by atoms with Crippen LogP contribution in [-0.2, 0) is 14.3 Å². The van der Waals surface area contributed by atoms with Gasteiger partial charge < -0.3 is 9.84 Å². The Morgan fingerprint density at radius 1 is 0.679 bits per heavy atom. The van der Waals surface area contributed by atoms with Crippen molar-refractivity contribution in [1.82, 2.24) is 0 Å². The summed E-state index contributed by atoms with van der Waals surface area (Å²) in [5, 5.41) is 8.77. The highest BCUT2D eigenvalue weighted by atomic mass is 16.5. The highest BCUT2D eigenvalue weighted by molar-refractivity contribution is 5.89. The molecule has 0 amide bonds. The predicted octanol–water partition coefficient (Wildman–Crippen LogP) is 6.99. The van der Waals surface area contributed by atoms with Crippen LogP contribution in [0.1, 0.15) is 111 Å². The molecule has 28 heavy (non-hydrogen) atoms. The van der Waals surface area contributed by atoms with Gasteiger partial charge in [0.1, 0.15) is 0 Å². The fourth-order valence-corrected chi connectivity index (χ4v) is 2.96. The van der Waals surface area contributed by atoms with E-state index in [1.54, 1.807) is 6.92 Å². The third-order valence-electron chi connectivity index (χ3n) is 4.97. The molecule has 0 heterocycles. The van der Waals surface area contributed by atoms with Crippen LogP contribution in [-0.4, -0.2) is 23.7 Å². The van der Waals surface area contributed by atoms with Crippen LogP contribution in [0.25, 0.3) is 0 Å². The highest BCUT2D eigenvalue weighted by Crippen LogP contribution is 2.13. The first-order valence-corrected chi connectivity index (χ1v) is 11.2. The quantitative estimate of drug-likeness (QED) is 0.118. The monoisotopic (exact) mass is 394 g/mol. The van der Waals surface area contributed by atoms with E-state index in [2.05, 4.69) is 6.92 Å². The Bertz CT molecular complexity index is 477. The van der Waals surface area contributed by atoms with Gasteiger partial charge in [0.2, 0.25) is 0 Å². The summed E-state index contributed by atoms with van der Waals surface area (Å²) in [5.41, 5.74) is 0.616. The Morgan fingerprint density at radius 2 is 1.07 bits per heavy atom.